The van der Waals surface area contributed by atoms with E-state index in [2.05, 4.69) is 26.6 Å². The van der Waals surface area contributed by atoms with Crippen LogP contribution in [0.1, 0.15) is 55.2 Å². The third-order valence-electron chi connectivity index (χ3n) is 6.51. The highest BCUT2D eigenvalue weighted by Gasteiger charge is 2.50. The summed E-state index contributed by atoms with van der Waals surface area (Å²) in [7, 11) is 0. The molecule has 2 N–H and O–H groups in total. The van der Waals surface area contributed by atoms with Gasteiger partial charge < -0.3 is 15.4 Å². The average molecular weight is 588 g/mol. The van der Waals surface area contributed by atoms with Crippen LogP contribution in [0.2, 0.25) is 0 Å². The summed E-state index contributed by atoms with van der Waals surface area (Å²) >= 11 is 3.58. The van der Waals surface area contributed by atoms with Crippen LogP contribution in [0.15, 0.2) is 59.1 Å². The maximum absolute atomic E-state index is 14.8. The molecule has 1 heterocycles. The lowest BCUT2D eigenvalue weighted by molar-refractivity contribution is -0.00635. The first-order valence-corrected chi connectivity index (χ1v) is 13.3. The minimum Gasteiger partial charge on any atom is -0.444 e. The summed E-state index contributed by atoms with van der Waals surface area (Å²) in [4.78, 5) is 26.6. The van der Waals surface area contributed by atoms with Crippen LogP contribution in [-0.4, -0.2) is 47.6 Å². The van der Waals surface area contributed by atoms with Gasteiger partial charge in [0.2, 0.25) is 0 Å². The normalized spacial score (nSPS) is 17.8. The SMILES string of the molecule is Cc1ccc(N[C@@H]2CN(C(=O)OC(C)(C)C)CC2(F)F)cc1C(=O)N[C@H](C)c1ccc(Br)c2ccccc12. The molecule has 0 spiro atoms. The quantitative estimate of drug-likeness (QED) is 0.335. The first kappa shape index (κ1) is 27.8. The molecule has 3 aromatic carbocycles. The Balaban J connectivity index is 1.50. The van der Waals surface area contributed by atoms with E-state index in [1.165, 1.54) is 0 Å². The molecule has 0 bridgehead atoms. The monoisotopic (exact) mass is 587 g/mol. The summed E-state index contributed by atoms with van der Waals surface area (Å²) in [5.41, 5.74) is 1.66. The minimum atomic E-state index is -3.17. The summed E-state index contributed by atoms with van der Waals surface area (Å²) in [5, 5.41) is 7.95. The van der Waals surface area contributed by atoms with E-state index in [1.807, 2.05) is 43.3 Å². The van der Waals surface area contributed by atoms with Crippen molar-refractivity contribution in [2.24, 2.45) is 0 Å². The lowest BCUT2D eigenvalue weighted by atomic mass is 9.99. The maximum atomic E-state index is 14.8. The Morgan fingerprint density at radius 1 is 1.11 bits per heavy atom. The van der Waals surface area contributed by atoms with E-state index in [1.54, 1.807) is 45.9 Å². The molecule has 0 aromatic heterocycles. The number of nitrogens with one attached hydrogen (secondary N) is 2. The number of hydrogen-bond acceptors (Lipinski definition) is 4. The topological polar surface area (TPSA) is 70.7 Å². The molecule has 202 valence electrons. The lowest BCUT2D eigenvalue weighted by Gasteiger charge is -2.24. The van der Waals surface area contributed by atoms with Gasteiger partial charge >= 0.3 is 6.09 Å². The largest absolute Gasteiger partial charge is 0.444 e. The Morgan fingerprint density at radius 2 is 1.79 bits per heavy atom. The molecule has 0 aliphatic carbocycles. The number of carbonyl (C=O) groups is 2. The molecule has 2 atom stereocenters. The van der Waals surface area contributed by atoms with Gasteiger partial charge in [-0.15, -0.1) is 0 Å². The first-order chi connectivity index (χ1) is 17.7. The fourth-order valence-electron chi connectivity index (χ4n) is 4.57. The van der Waals surface area contributed by atoms with Gasteiger partial charge in [0.15, 0.2) is 0 Å². The molecule has 4 rings (SSSR count). The number of alkyl halides is 2. The van der Waals surface area contributed by atoms with Crippen molar-refractivity contribution >= 4 is 44.4 Å². The fourth-order valence-corrected chi connectivity index (χ4v) is 5.05. The van der Waals surface area contributed by atoms with Crippen molar-refractivity contribution in [3.05, 3.63) is 75.8 Å². The Morgan fingerprint density at radius 3 is 2.47 bits per heavy atom. The van der Waals surface area contributed by atoms with Crippen molar-refractivity contribution in [3.8, 4) is 0 Å². The average Bonchev–Trinajstić information content (AvgIpc) is 3.13. The van der Waals surface area contributed by atoms with Gasteiger partial charge in [0.05, 0.1) is 19.1 Å². The molecule has 1 fully saturated rings. The van der Waals surface area contributed by atoms with Gasteiger partial charge in [-0.1, -0.05) is 52.3 Å². The van der Waals surface area contributed by atoms with E-state index in [0.29, 0.717) is 11.3 Å². The number of anilines is 1. The van der Waals surface area contributed by atoms with Crippen LogP contribution >= 0.6 is 15.9 Å². The number of aryl methyl sites for hydroxylation is 1. The molecule has 6 nitrogen and oxygen atoms in total. The van der Waals surface area contributed by atoms with E-state index in [-0.39, 0.29) is 18.5 Å². The minimum absolute atomic E-state index is 0.217. The molecular weight excluding hydrogens is 556 g/mol. The van der Waals surface area contributed by atoms with E-state index in [0.717, 1.165) is 31.3 Å². The highest BCUT2D eigenvalue weighted by atomic mass is 79.9. The number of benzene rings is 3. The number of ether oxygens (including phenoxy) is 1. The Kier molecular flexibility index (Phi) is 7.70. The summed E-state index contributed by atoms with van der Waals surface area (Å²) in [6.45, 7) is 7.82. The molecule has 0 unspecified atom stereocenters. The zero-order valence-electron chi connectivity index (χ0n) is 22.1. The molecule has 3 aromatic rings. The molecule has 38 heavy (non-hydrogen) atoms. The number of carbonyl (C=O) groups excluding carboxylic acids is 2. The van der Waals surface area contributed by atoms with Crippen molar-refractivity contribution in [3.63, 3.8) is 0 Å². The van der Waals surface area contributed by atoms with Crippen LogP contribution in [0.4, 0.5) is 19.3 Å². The van der Waals surface area contributed by atoms with E-state index in [4.69, 9.17) is 4.74 Å². The van der Waals surface area contributed by atoms with Gasteiger partial charge in [0.1, 0.15) is 11.6 Å². The molecule has 1 aliphatic rings. The second-order valence-corrected chi connectivity index (χ2v) is 11.6. The fraction of sp³-hybridized carbons (Fsp3) is 0.379. The molecule has 2 amide bonds. The number of halogens is 3. The van der Waals surface area contributed by atoms with Gasteiger partial charge in [0.25, 0.3) is 11.8 Å². The van der Waals surface area contributed by atoms with E-state index in [9.17, 15) is 18.4 Å². The zero-order chi connectivity index (χ0) is 27.8. The predicted octanol–water partition coefficient (Wildman–Crippen LogP) is 7.07. The van der Waals surface area contributed by atoms with Gasteiger partial charge in [-0.3, -0.25) is 9.69 Å². The van der Waals surface area contributed by atoms with Crippen molar-refractivity contribution in [2.75, 3.05) is 18.4 Å². The van der Waals surface area contributed by atoms with Crippen molar-refractivity contribution in [1.82, 2.24) is 10.2 Å². The van der Waals surface area contributed by atoms with Crippen LogP contribution in [0.25, 0.3) is 10.8 Å². The number of fused-ring (bicyclic) bond motifs is 1. The van der Waals surface area contributed by atoms with Gasteiger partial charge in [-0.2, -0.15) is 0 Å². The van der Waals surface area contributed by atoms with Crippen molar-refractivity contribution < 1.29 is 23.1 Å². The third kappa shape index (κ3) is 6.09. The zero-order valence-corrected chi connectivity index (χ0v) is 23.7. The van der Waals surface area contributed by atoms with Gasteiger partial charge in [0, 0.05) is 15.7 Å². The van der Waals surface area contributed by atoms with Crippen LogP contribution < -0.4 is 10.6 Å². The van der Waals surface area contributed by atoms with Crippen LogP contribution in [0.5, 0.6) is 0 Å². The molecular formula is C29H32BrF2N3O3. The van der Waals surface area contributed by atoms with Gasteiger partial charge in [-0.25, -0.2) is 13.6 Å². The predicted molar refractivity (Wildman–Crippen MR) is 149 cm³/mol. The van der Waals surface area contributed by atoms with Crippen LogP contribution in [0.3, 0.4) is 0 Å². The Bertz CT molecular complexity index is 1370. The second-order valence-electron chi connectivity index (χ2n) is 10.7. The summed E-state index contributed by atoms with van der Waals surface area (Å²) in [6, 6.07) is 15.2. The number of hydrogen-bond donors (Lipinski definition) is 2. The van der Waals surface area contributed by atoms with Crippen LogP contribution in [0, 0.1) is 6.92 Å². The summed E-state index contributed by atoms with van der Waals surface area (Å²) in [6.07, 6.45) is -0.778. The first-order valence-electron chi connectivity index (χ1n) is 12.5. The molecule has 0 saturated carbocycles. The number of likely N-dealkylation sites (tertiary alicyclic amines) is 1. The Hall–Kier alpha value is -3.20. The highest BCUT2D eigenvalue weighted by Crippen LogP contribution is 2.33. The van der Waals surface area contributed by atoms with Crippen molar-refractivity contribution in [2.45, 2.75) is 58.2 Å². The van der Waals surface area contributed by atoms with Crippen molar-refractivity contribution in [1.29, 1.82) is 0 Å². The third-order valence-corrected chi connectivity index (χ3v) is 7.20. The smallest absolute Gasteiger partial charge is 0.410 e. The second kappa shape index (κ2) is 10.5. The molecule has 9 heteroatoms. The number of amides is 2. The maximum Gasteiger partial charge on any atom is 0.410 e. The standard InChI is InChI=1S/C29H32BrF2N3O3/c1-17-10-11-19(34-25-15-35(16-29(25,31)32)27(37)38-28(3,4)5)14-23(17)26(36)33-18(2)20-12-13-24(30)22-9-7-6-8-21(20)22/h6-14,18,25,34H,15-16H2,1-5H3,(H,33,36)/t18-,25-/m1/s1. The summed E-state index contributed by atoms with van der Waals surface area (Å²) in [5.74, 6) is -3.47. The number of nitrogens with zero attached hydrogens (tertiary/aromatic N) is 1. The summed E-state index contributed by atoms with van der Waals surface area (Å²) < 4.78 is 35.8. The molecule has 1 aliphatic heterocycles. The highest BCUT2D eigenvalue weighted by molar-refractivity contribution is 9.10. The van der Waals surface area contributed by atoms with E-state index < -0.39 is 30.2 Å². The van der Waals surface area contributed by atoms with Gasteiger partial charge in [-0.05, 0) is 74.7 Å². The molecule has 0 radical (unpaired) electrons. The van der Waals surface area contributed by atoms with E-state index >= 15 is 0 Å². The Labute approximate surface area is 229 Å². The lowest BCUT2D eigenvalue weighted by Crippen LogP contribution is -2.38. The number of rotatable bonds is 5. The molecule has 1 saturated heterocycles. The van der Waals surface area contributed by atoms with Crippen LogP contribution in [-0.2, 0) is 4.74 Å².